The van der Waals surface area contributed by atoms with Crippen LogP contribution in [0.15, 0.2) is 67.0 Å². The molecule has 0 saturated carbocycles. The van der Waals surface area contributed by atoms with Crippen molar-refractivity contribution in [2.45, 2.75) is 0 Å². The van der Waals surface area contributed by atoms with Gasteiger partial charge >= 0.3 is 6.01 Å². The van der Waals surface area contributed by atoms with Gasteiger partial charge in [-0.2, -0.15) is 0 Å². The molecule has 3 aromatic rings. The van der Waals surface area contributed by atoms with Gasteiger partial charge in [0.1, 0.15) is 5.75 Å². The molecule has 0 bridgehead atoms. The fourth-order valence-electron chi connectivity index (χ4n) is 1.85. The summed E-state index contributed by atoms with van der Waals surface area (Å²) < 4.78 is 5.49. The average molecular weight is 326 g/mol. The molecule has 0 aliphatic rings. The van der Waals surface area contributed by atoms with Gasteiger partial charge < -0.3 is 10.1 Å². The summed E-state index contributed by atoms with van der Waals surface area (Å²) in [5, 5.41) is 3.39. The van der Waals surface area contributed by atoms with Gasteiger partial charge in [0, 0.05) is 28.7 Å². The smallest absolute Gasteiger partial charge is 0.321 e. The van der Waals surface area contributed by atoms with Crippen LogP contribution >= 0.6 is 11.6 Å². The summed E-state index contributed by atoms with van der Waals surface area (Å²) in [7, 11) is 0. The van der Waals surface area contributed by atoms with Gasteiger partial charge in [0.25, 0.3) is 5.91 Å². The van der Waals surface area contributed by atoms with Gasteiger partial charge in [0.05, 0.1) is 0 Å². The summed E-state index contributed by atoms with van der Waals surface area (Å²) in [5.41, 5.74) is 1.19. The molecule has 3 rings (SSSR count). The predicted molar refractivity (Wildman–Crippen MR) is 88.0 cm³/mol. The SMILES string of the molecule is O=C(Nc1ccc(Oc2ncccn2)cc1)c1ccc(Cl)cc1. The minimum absolute atomic E-state index is 0.207. The highest BCUT2D eigenvalue weighted by Gasteiger charge is 2.06. The zero-order chi connectivity index (χ0) is 16.1. The van der Waals surface area contributed by atoms with E-state index in [-0.39, 0.29) is 11.9 Å². The van der Waals surface area contributed by atoms with Crippen LogP contribution in [-0.4, -0.2) is 15.9 Å². The van der Waals surface area contributed by atoms with Crippen LogP contribution in [0.25, 0.3) is 0 Å². The molecule has 1 aromatic heterocycles. The number of amides is 1. The zero-order valence-corrected chi connectivity index (χ0v) is 12.7. The molecular weight excluding hydrogens is 314 g/mol. The Morgan fingerprint density at radius 3 is 2.26 bits per heavy atom. The molecule has 0 aliphatic heterocycles. The van der Waals surface area contributed by atoms with E-state index in [1.165, 1.54) is 0 Å². The molecule has 1 N–H and O–H groups in total. The Morgan fingerprint density at radius 1 is 0.957 bits per heavy atom. The number of hydrogen-bond acceptors (Lipinski definition) is 4. The van der Waals surface area contributed by atoms with Crippen molar-refractivity contribution in [2.75, 3.05) is 5.32 Å². The van der Waals surface area contributed by atoms with Gasteiger partial charge in [-0.1, -0.05) is 11.6 Å². The van der Waals surface area contributed by atoms with Crippen LogP contribution in [0.5, 0.6) is 11.8 Å². The molecule has 0 atom stereocenters. The van der Waals surface area contributed by atoms with Crippen LogP contribution in [0.1, 0.15) is 10.4 Å². The van der Waals surface area contributed by atoms with Crippen molar-refractivity contribution in [1.82, 2.24) is 9.97 Å². The molecule has 0 spiro atoms. The zero-order valence-electron chi connectivity index (χ0n) is 11.9. The minimum Gasteiger partial charge on any atom is -0.424 e. The van der Waals surface area contributed by atoms with Crippen molar-refractivity contribution in [3.05, 3.63) is 77.6 Å². The Hall–Kier alpha value is -2.92. The highest BCUT2D eigenvalue weighted by Crippen LogP contribution is 2.20. The monoisotopic (exact) mass is 325 g/mol. The lowest BCUT2D eigenvalue weighted by atomic mass is 10.2. The van der Waals surface area contributed by atoms with Crippen molar-refractivity contribution in [1.29, 1.82) is 0 Å². The molecule has 5 nitrogen and oxygen atoms in total. The van der Waals surface area contributed by atoms with Gasteiger partial charge in [-0.05, 0) is 54.6 Å². The molecule has 6 heteroatoms. The standard InChI is InChI=1S/C17H12ClN3O2/c18-13-4-2-12(3-5-13)16(22)21-14-6-8-15(9-7-14)23-17-19-10-1-11-20-17/h1-11H,(H,21,22). The minimum atomic E-state index is -0.207. The largest absolute Gasteiger partial charge is 0.424 e. The first-order valence-electron chi connectivity index (χ1n) is 6.82. The van der Waals surface area contributed by atoms with E-state index in [4.69, 9.17) is 16.3 Å². The maximum atomic E-state index is 12.1. The van der Waals surface area contributed by atoms with Crippen molar-refractivity contribution in [2.24, 2.45) is 0 Å². The number of aromatic nitrogens is 2. The van der Waals surface area contributed by atoms with E-state index in [9.17, 15) is 4.79 Å². The summed E-state index contributed by atoms with van der Waals surface area (Å²) >= 11 is 5.80. The number of rotatable bonds is 4. The number of carbonyl (C=O) groups excluding carboxylic acids is 1. The Balaban J connectivity index is 1.65. The van der Waals surface area contributed by atoms with Crippen molar-refractivity contribution in [3.63, 3.8) is 0 Å². The Morgan fingerprint density at radius 2 is 1.61 bits per heavy atom. The van der Waals surface area contributed by atoms with Gasteiger partial charge in [-0.25, -0.2) is 9.97 Å². The molecular formula is C17H12ClN3O2. The maximum Gasteiger partial charge on any atom is 0.321 e. The molecule has 114 valence electrons. The molecule has 1 amide bonds. The lowest BCUT2D eigenvalue weighted by Gasteiger charge is -2.07. The number of carbonyl (C=O) groups is 1. The number of benzene rings is 2. The Labute approximate surface area is 137 Å². The van der Waals surface area contributed by atoms with E-state index in [0.29, 0.717) is 22.0 Å². The van der Waals surface area contributed by atoms with Crippen molar-refractivity contribution < 1.29 is 9.53 Å². The first-order chi connectivity index (χ1) is 11.2. The second-order valence-corrected chi connectivity index (χ2v) is 5.06. The van der Waals surface area contributed by atoms with Crippen LogP contribution in [0.4, 0.5) is 5.69 Å². The summed E-state index contributed by atoms with van der Waals surface area (Å²) in [6, 6.07) is 15.6. The summed E-state index contributed by atoms with van der Waals surface area (Å²) in [6.07, 6.45) is 3.20. The maximum absolute atomic E-state index is 12.1. The van der Waals surface area contributed by atoms with Crippen LogP contribution in [0.2, 0.25) is 5.02 Å². The number of halogens is 1. The number of hydrogen-bond donors (Lipinski definition) is 1. The van der Waals surface area contributed by atoms with Crippen LogP contribution in [0.3, 0.4) is 0 Å². The number of anilines is 1. The molecule has 1 heterocycles. The van der Waals surface area contributed by atoms with Crippen molar-refractivity contribution in [3.8, 4) is 11.8 Å². The third-order valence-corrected chi connectivity index (χ3v) is 3.22. The third kappa shape index (κ3) is 4.05. The summed E-state index contributed by atoms with van der Waals surface area (Å²) in [5.74, 6) is 0.377. The van der Waals surface area contributed by atoms with E-state index in [2.05, 4.69) is 15.3 Å². The first-order valence-corrected chi connectivity index (χ1v) is 7.20. The third-order valence-electron chi connectivity index (χ3n) is 2.97. The average Bonchev–Trinajstić information content (AvgIpc) is 2.58. The molecule has 0 radical (unpaired) electrons. The fourth-order valence-corrected chi connectivity index (χ4v) is 1.98. The molecule has 0 aliphatic carbocycles. The quantitative estimate of drug-likeness (QED) is 0.781. The lowest BCUT2D eigenvalue weighted by Crippen LogP contribution is -2.11. The molecule has 23 heavy (non-hydrogen) atoms. The van der Waals surface area contributed by atoms with Gasteiger partial charge in [0.2, 0.25) is 0 Å². The number of nitrogens with zero attached hydrogens (tertiary/aromatic N) is 2. The number of ether oxygens (including phenoxy) is 1. The molecule has 0 unspecified atom stereocenters. The second-order valence-electron chi connectivity index (χ2n) is 4.62. The Kier molecular flexibility index (Phi) is 4.49. The summed E-state index contributed by atoms with van der Waals surface area (Å²) in [6.45, 7) is 0. The van der Waals surface area contributed by atoms with Crippen molar-refractivity contribution >= 4 is 23.2 Å². The fraction of sp³-hybridized carbons (Fsp3) is 0. The molecule has 0 saturated heterocycles. The van der Waals surface area contributed by atoms with Gasteiger partial charge in [-0.3, -0.25) is 4.79 Å². The van der Waals surface area contributed by atoms with Gasteiger partial charge in [-0.15, -0.1) is 0 Å². The van der Waals surface area contributed by atoms with Crippen LogP contribution < -0.4 is 10.1 Å². The number of nitrogens with one attached hydrogen (secondary N) is 1. The Bertz CT molecular complexity index is 790. The molecule has 2 aromatic carbocycles. The topological polar surface area (TPSA) is 64.1 Å². The first kappa shape index (κ1) is 15.0. The molecule has 0 fully saturated rings. The van der Waals surface area contributed by atoms with Crippen LogP contribution in [0, 0.1) is 0 Å². The predicted octanol–water partition coefficient (Wildman–Crippen LogP) is 4.17. The highest BCUT2D eigenvalue weighted by atomic mass is 35.5. The van der Waals surface area contributed by atoms with E-state index >= 15 is 0 Å². The van der Waals surface area contributed by atoms with E-state index in [1.54, 1.807) is 67.0 Å². The lowest BCUT2D eigenvalue weighted by molar-refractivity contribution is 0.102. The van der Waals surface area contributed by atoms with E-state index in [0.717, 1.165) is 0 Å². The normalized spacial score (nSPS) is 10.1. The second kappa shape index (κ2) is 6.89. The summed E-state index contributed by atoms with van der Waals surface area (Å²) in [4.78, 5) is 20.1. The van der Waals surface area contributed by atoms with Crippen LogP contribution in [-0.2, 0) is 0 Å². The van der Waals surface area contributed by atoms with Gasteiger partial charge in [0.15, 0.2) is 0 Å². The van der Waals surface area contributed by atoms with E-state index < -0.39 is 0 Å². The highest BCUT2D eigenvalue weighted by molar-refractivity contribution is 6.30. The van der Waals surface area contributed by atoms with E-state index in [1.807, 2.05) is 0 Å².